The number of nitriles is 1. The van der Waals surface area contributed by atoms with Crippen molar-refractivity contribution in [3.05, 3.63) is 63.6 Å². The van der Waals surface area contributed by atoms with Crippen LogP contribution in [0.25, 0.3) is 0 Å². The van der Waals surface area contributed by atoms with E-state index < -0.39 is 0 Å². The molecule has 0 aliphatic carbocycles. The molecule has 0 atom stereocenters. The molecule has 114 valence electrons. The number of benzene rings is 1. The highest BCUT2D eigenvalue weighted by Gasteiger charge is 2.11. The van der Waals surface area contributed by atoms with Crippen molar-refractivity contribution in [3.8, 4) is 11.8 Å². The molecule has 22 heavy (non-hydrogen) atoms. The van der Waals surface area contributed by atoms with Gasteiger partial charge in [-0.05, 0) is 37.1 Å². The minimum absolute atomic E-state index is 0.166. The molecule has 0 N–H and O–H groups in total. The zero-order chi connectivity index (χ0) is 16.1. The Hall–Kier alpha value is -2.54. The fourth-order valence-electron chi connectivity index (χ4n) is 2.30. The summed E-state index contributed by atoms with van der Waals surface area (Å²) in [7, 11) is 0. The normalized spacial score (nSPS) is 10.5. The van der Waals surface area contributed by atoms with Crippen molar-refractivity contribution in [1.29, 1.82) is 5.26 Å². The second-order valence-corrected chi connectivity index (χ2v) is 5.56. The molecular weight excluding hydrogens is 276 g/mol. The molecule has 1 heterocycles. The van der Waals surface area contributed by atoms with Gasteiger partial charge in [0.05, 0.1) is 6.54 Å². The Labute approximate surface area is 130 Å². The van der Waals surface area contributed by atoms with Gasteiger partial charge in [0.15, 0.2) is 0 Å². The summed E-state index contributed by atoms with van der Waals surface area (Å²) in [6.45, 7) is 6.88. The van der Waals surface area contributed by atoms with Crippen molar-refractivity contribution < 1.29 is 4.74 Å². The van der Waals surface area contributed by atoms with Crippen LogP contribution < -0.4 is 10.3 Å². The molecule has 0 aliphatic heterocycles. The van der Waals surface area contributed by atoms with E-state index in [1.54, 1.807) is 10.6 Å². The van der Waals surface area contributed by atoms with Crippen LogP contribution in [0.4, 0.5) is 0 Å². The number of rotatable bonds is 5. The summed E-state index contributed by atoms with van der Waals surface area (Å²) < 4.78 is 7.32. The number of pyridine rings is 1. The third kappa shape index (κ3) is 3.56. The van der Waals surface area contributed by atoms with Crippen LogP contribution in [0.15, 0.2) is 41.2 Å². The highest BCUT2D eigenvalue weighted by Crippen LogP contribution is 2.14. The molecule has 0 unspecified atom stereocenters. The second-order valence-electron chi connectivity index (χ2n) is 5.56. The molecule has 1 aromatic carbocycles. The van der Waals surface area contributed by atoms with E-state index in [1.165, 1.54) is 5.56 Å². The van der Waals surface area contributed by atoms with Crippen LogP contribution in [-0.2, 0) is 6.54 Å². The maximum atomic E-state index is 12.3. The fourth-order valence-corrected chi connectivity index (χ4v) is 2.30. The number of hydrogen-bond acceptors (Lipinski definition) is 3. The standard InChI is InChI=1S/C18H20N2O2/c1-13(2)17-9-6-15(12-19)18(21)20(17)10-11-22-16-7-4-14(3)5-8-16/h4-9,13H,10-11H2,1-3H3. The Morgan fingerprint density at radius 1 is 1.18 bits per heavy atom. The van der Waals surface area contributed by atoms with Crippen molar-refractivity contribution in [2.75, 3.05) is 6.61 Å². The summed E-state index contributed by atoms with van der Waals surface area (Å²) in [6.07, 6.45) is 0. The number of nitrogens with zero attached hydrogens (tertiary/aromatic N) is 2. The van der Waals surface area contributed by atoms with Gasteiger partial charge in [0, 0.05) is 5.69 Å². The van der Waals surface area contributed by atoms with Gasteiger partial charge >= 0.3 is 0 Å². The van der Waals surface area contributed by atoms with Crippen molar-refractivity contribution in [1.82, 2.24) is 4.57 Å². The van der Waals surface area contributed by atoms with Gasteiger partial charge in [0.25, 0.3) is 5.56 Å². The Morgan fingerprint density at radius 3 is 2.45 bits per heavy atom. The summed E-state index contributed by atoms with van der Waals surface area (Å²) >= 11 is 0. The van der Waals surface area contributed by atoms with Crippen LogP contribution in [0.2, 0.25) is 0 Å². The molecule has 0 saturated heterocycles. The molecule has 4 heteroatoms. The molecule has 0 spiro atoms. The van der Waals surface area contributed by atoms with Gasteiger partial charge in [0.2, 0.25) is 0 Å². The van der Waals surface area contributed by atoms with E-state index in [0.717, 1.165) is 11.4 Å². The van der Waals surface area contributed by atoms with Gasteiger partial charge in [-0.1, -0.05) is 31.5 Å². The summed E-state index contributed by atoms with van der Waals surface area (Å²) in [5.41, 5.74) is 2.00. The average molecular weight is 296 g/mol. The maximum Gasteiger partial charge on any atom is 0.268 e. The number of aromatic nitrogens is 1. The first-order valence-electron chi connectivity index (χ1n) is 7.36. The quantitative estimate of drug-likeness (QED) is 0.851. The Balaban J connectivity index is 2.16. The van der Waals surface area contributed by atoms with Gasteiger partial charge in [0.1, 0.15) is 24.0 Å². The molecule has 0 radical (unpaired) electrons. The maximum absolute atomic E-state index is 12.3. The predicted octanol–water partition coefficient (Wildman–Crippen LogP) is 3.23. The predicted molar refractivity (Wildman–Crippen MR) is 86.2 cm³/mol. The van der Waals surface area contributed by atoms with Crippen LogP contribution >= 0.6 is 0 Å². The van der Waals surface area contributed by atoms with E-state index in [4.69, 9.17) is 10.00 Å². The van der Waals surface area contributed by atoms with Crippen LogP contribution in [-0.4, -0.2) is 11.2 Å². The summed E-state index contributed by atoms with van der Waals surface area (Å²) in [5, 5.41) is 9.01. The Kier molecular flexibility index (Phi) is 5.00. The van der Waals surface area contributed by atoms with Crippen molar-refractivity contribution in [3.63, 3.8) is 0 Å². The third-order valence-corrected chi connectivity index (χ3v) is 3.52. The highest BCUT2D eigenvalue weighted by atomic mass is 16.5. The molecule has 2 rings (SSSR count). The second kappa shape index (κ2) is 6.95. The van der Waals surface area contributed by atoms with E-state index in [1.807, 2.05) is 57.2 Å². The molecule has 0 aliphatic rings. The first kappa shape index (κ1) is 15.8. The fraction of sp³-hybridized carbons (Fsp3) is 0.333. The van der Waals surface area contributed by atoms with Crippen molar-refractivity contribution >= 4 is 0 Å². The van der Waals surface area contributed by atoms with E-state index in [0.29, 0.717) is 13.2 Å². The smallest absolute Gasteiger partial charge is 0.268 e. The highest BCUT2D eigenvalue weighted by molar-refractivity contribution is 5.29. The first-order valence-corrected chi connectivity index (χ1v) is 7.36. The van der Waals surface area contributed by atoms with Gasteiger partial charge < -0.3 is 9.30 Å². The van der Waals surface area contributed by atoms with Crippen LogP contribution in [0.5, 0.6) is 5.75 Å². The number of ether oxygens (including phenoxy) is 1. The minimum Gasteiger partial charge on any atom is -0.492 e. The van der Waals surface area contributed by atoms with Gasteiger partial charge in [-0.25, -0.2) is 0 Å². The lowest BCUT2D eigenvalue weighted by Gasteiger charge is -2.16. The molecule has 2 aromatic rings. The zero-order valence-corrected chi connectivity index (χ0v) is 13.2. The third-order valence-electron chi connectivity index (χ3n) is 3.52. The Bertz CT molecular complexity index is 737. The van der Waals surface area contributed by atoms with Gasteiger partial charge in [-0.3, -0.25) is 4.79 Å². The van der Waals surface area contributed by atoms with E-state index in [2.05, 4.69) is 0 Å². The lowest BCUT2D eigenvalue weighted by atomic mass is 10.1. The summed E-state index contributed by atoms with van der Waals surface area (Å²) in [5.74, 6) is 0.987. The SMILES string of the molecule is Cc1ccc(OCCn2c(C(C)C)ccc(C#N)c2=O)cc1. The molecule has 0 saturated carbocycles. The average Bonchev–Trinajstić information content (AvgIpc) is 2.50. The molecule has 1 aromatic heterocycles. The Morgan fingerprint density at radius 2 is 1.86 bits per heavy atom. The molecule has 4 nitrogen and oxygen atoms in total. The molecular formula is C18H20N2O2. The topological polar surface area (TPSA) is 55.0 Å². The van der Waals surface area contributed by atoms with Crippen LogP contribution in [0.1, 0.15) is 36.6 Å². The lowest BCUT2D eigenvalue weighted by molar-refractivity contribution is 0.293. The first-order chi connectivity index (χ1) is 10.5. The molecule has 0 bridgehead atoms. The van der Waals surface area contributed by atoms with E-state index >= 15 is 0 Å². The van der Waals surface area contributed by atoms with Gasteiger partial charge in [-0.2, -0.15) is 5.26 Å². The van der Waals surface area contributed by atoms with Crippen molar-refractivity contribution in [2.45, 2.75) is 33.2 Å². The lowest BCUT2D eigenvalue weighted by Crippen LogP contribution is -2.28. The van der Waals surface area contributed by atoms with E-state index in [-0.39, 0.29) is 17.0 Å². The molecule has 0 amide bonds. The summed E-state index contributed by atoms with van der Waals surface area (Å²) in [6, 6.07) is 13.2. The minimum atomic E-state index is -0.249. The van der Waals surface area contributed by atoms with Gasteiger partial charge in [-0.15, -0.1) is 0 Å². The van der Waals surface area contributed by atoms with Crippen LogP contribution in [0, 0.1) is 18.3 Å². The number of aryl methyl sites for hydroxylation is 1. The molecule has 0 fully saturated rings. The van der Waals surface area contributed by atoms with Crippen LogP contribution in [0.3, 0.4) is 0 Å². The largest absolute Gasteiger partial charge is 0.492 e. The van der Waals surface area contributed by atoms with Crippen molar-refractivity contribution in [2.24, 2.45) is 0 Å². The zero-order valence-electron chi connectivity index (χ0n) is 13.2. The van der Waals surface area contributed by atoms with E-state index in [9.17, 15) is 4.79 Å². The monoisotopic (exact) mass is 296 g/mol. The summed E-state index contributed by atoms with van der Waals surface area (Å²) in [4.78, 5) is 12.3. The number of hydrogen-bond donors (Lipinski definition) is 0.